The molecule has 0 unspecified atom stereocenters. The first-order valence-corrected chi connectivity index (χ1v) is 11.3. The highest BCUT2D eigenvalue weighted by molar-refractivity contribution is 7.99. The van der Waals surface area contributed by atoms with E-state index in [0.29, 0.717) is 16.9 Å². The molecular weight excluding hydrogens is 404 g/mol. The molecule has 0 aliphatic carbocycles. The van der Waals surface area contributed by atoms with Crippen LogP contribution in [0.15, 0.2) is 101 Å². The maximum atomic E-state index is 12.6. The van der Waals surface area contributed by atoms with Crippen molar-refractivity contribution in [2.75, 3.05) is 15.8 Å². The summed E-state index contributed by atoms with van der Waals surface area (Å²) in [5, 5.41) is 2.87. The number of para-hydroxylation sites is 2. The van der Waals surface area contributed by atoms with Crippen LogP contribution >= 0.6 is 11.8 Å². The van der Waals surface area contributed by atoms with E-state index in [0.717, 1.165) is 10.6 Å². The Labute approximate surface area is 174 Å². The molecule has 0 spiro atoms. The van der Waals surface area contributed by atoms with Crippen molar-refractivity contribution in [3.8, 4) is 0 Å². The molecule has 0 saturated carbocycles. The highest BCUT2D eigenvalue weighted by Crippen LogP contribution is 2.27. The predicted octanol–water partition coefficient (Wildman–Crippen LogP) is 5.02. The van der Waals surface area contributed by atoms with Gasteiger partial charge < -0.3 is 5.32 Å². The summed E-state index contributed by atoms with van der Waals surface area (Å²) in [4.78, 5) is 13.6. The van der Waals surface area contributed by atoms with Crippen molar-refractivity contribution in [1.82, 2.24) is 0 Å². The number of anilines is 2. The van der Waals surface area contributed by atoms with E-state index in [1.54, 1.807) is 48.2 Å². The van der Waals surface area contributed by atoms with E-state index >= 15 is 0 Å². The Morgan fingerprint density at radius 3 is 2.28 bits per heavy atom. The van der Waals surface area contributed by atoms with Crippen molar-refractivity contribution in [2.24, 2.45) is 0 Å². The van der Waals surface area contributed by atoms with Crippen LogP contribution in [0, 0.1) is 0 Å². The van der Waals surface area contributed by atoms with Gasteiger partial charge in [-0.15, -0.1) is 18.3 Å². The summed E-state index contributed by atoms with van der Waals surface area (Å²) in [6.07, 6.45) is 1.80. The van der Waals surface area contributed by atoms with Crippen LogP contribution in [0.25, 0.3) is 0 Å². The molecule has 1 amide bonds. The molecule has 7 heteroatoms. The lowest BCUT2D eigenvalue weighted by atomic mass is 10.2. The largest absolute Gasteiger partial charge is 0.321 e. The van der Waals surface area contributed by atoms with E-state index < -0.39 is 10.0 Å². The number of rotatable bonds is 8. The van der Waals surface area contributed by atoms with Gasteiger partial charge in [-0.1, -0.05) is 36.4 Å². The summed E-state index contributed by atoms with van der Waals surface area (Å²) in [7, 11) is -3.73. The normalized spacial score (nSPS) is 10.9. The summed E-state index contributed by atoms with van der Waals surface area (Å²) in [6, 6.07) is 22.0. The second-order valence-corrected chi connectivity index (χ2v) is 8.79. The Kier molecular flexibility index (Phi) is 6.74. The van der Waals surface area contributed by atoms with Gasteiger partial charge in [-0.25, -0.2) is 8.42 Å². The van der Waals surface area contributed by atoms with Crippen molar-refractivity contribution >= 4 is 39.1 Å². The molecule has 0 heterocycles. The van der Waals surface area contributed by atoms with E-state index in [2.05, 4.69) is 16.6 Å². The van der Waals surface area contributed by atoms with Crippen LogP contribution in [0.4, 0.5) is 11.4 Å². The van der Waals surface area contributed by atoms with Gasteiger partial charge in [-0.2, -0.15) is 0 Å². The van der Waals surface area contributed by atoms with Gasteiger partial charge in [0.1, 0.15) is 0 Å². The van der Waals surface area contributed by atoms with Gasteiger partial charge in [0.2, 0.25) is 0 Å². The minimum Gasteiger partial charge on any atom is -0.321 e. The van der Waals surface area contributed by atoms with Gasteiger partial charge in [-0.05, 0) is 48.5 Å². The van der Waals surface area contributed by atoms with Crippen molar-refractivity contribution in [1.29, 1.82) is 0 Å². The number of carbonyl (C=O) groups is 1. The summed E-state index contributed by atoms with van der Waals surface area (Å²) < 4.78 is 27.5. The van der Waals surface area contributed by atoms with E-state index in [1.807, 2.05) is 24.3 Å². The van der Waals surface area contributed by atoms with Gasteiger partial charge in [0.15, 0.2) is 0 Å². The summed E-state index contributed by atoms with van der Waals surface area (Å²) in [6.45, 7) is 3.71. The van der Waals surface area contributed by atoms with Gasteiger partial charge in [-0.3, -0.25) is 9.52 Å². The van der Waals surface area contributed by atoms with Crippen LogP contribution in [0.2, 0.25) is 0 Å². The van der Waals surface area contributed by atoms with E-state index in [1.165, 1.54) is 24.3 Å². The van der Waals surface area contributed by atoms with Gasteiger partial charge in [0.05, 0.1) is 10.6 Å². The Balaban J connectivity index is 1.73. The lowest BCUT2D eigenvalue weighted by Crippen LogP contribution is -2.15. The molecule has 0 atom stereocenters. The van der Waals surface area contributed by atoms with Crippen LogP contribution in [0.1, 0.15) is 10.4 Å². The van der Waals surface area contributed by atoms with Gasteiger partial charge >= 0.3 is 0 Å². The van der Waals surface area contributed by atoms with Crippen LogP contribution in [-0.4, -0.2) is 20.1 Å². The number of thioether (sulfide) groups is 1. The minimum atomic E-state index is -3.73. The Bertz CT molecular complexity index is 1100. The fourth-order valence-corrected chi connectivity index (χ4v) is 4.35. The number of nitrogens with one attached hydrogen (secondary N) is 2. The molecule has 3 rings (SSSR count). The zero-order valence-corrected chi connectivity index (χ0v) is 17.2. The molecule has 29 heavy (non-hydrogen) atoms. The molecule has 2 N–H and O–H groups in total. The first-order chi connectivity index (χ1) is 14.0. The van der Waals surface area contributed by atoms with Crippen LogP contribution < -0.4 is 10.0 Å². The third kappa shape index (κ3) is 5.49. The smallest absolute Gasteiger partial charge is 0.261 e. The lowest BCUT2D eigenvalue weighted by molar-refractivity contribution is 0.102. The SMILES string of the molecule is C=CCSc1ccccc1NC(=O)c1ccc(S(=O)(=O)Nc2ccccc2)cc1. The minimum absolute atomic E-state index is 0.0832. The monoisotopic (exact) mass is 424 g/mol. The number of amides is 1. The van der Waals surface area contributed by atoms with Crippen molar-refractivity contribution in [3.05, 3.63) is 97.1 Å². The van der Waals surface area contributed by atoms with E-state index in [4.69, 9.17) is 0 Å². The highest BCUT2D eigenvalue weighted by atomic mass is 32.2. The fraction of sp³-hybridized carbons (Fsp3) is 0.0455. The summed E-state index contributed by atoms with van der Waals surface area (Å²) in [5.74, 6) is 0.421. The molecule has 0 bridgehead atoms. The topological polar surface area (TPSA) is 75.3 Å². The molecule has 0 aliphatic heterocycles. The molecular formula is C22H20N2O3S2. The molecule has 0 radical (unpaired) electrons. The average molecular weight is 425 g/mol. The van der Waals surface area contributed by atoms with Crippen LogP contribution in [0.5, 0.6) is 0 Å². The molecule has 0 fully saturated rings. The molecule has 148 valence electrons. The summed E-state index contributed by atoms with van der Waals surface area (Å²) in [5.41, 5.74) is 1.54. The maximum Gasteiger partial charge on any atom is 0.261 e. The number of sulfonamides is 1. The van der Waals surface area contributed by atoms with Crippen molar-refractivity contribution in [2.45, 2.75) is 9.79 Å². The standard InChI is InChI=1S/C22H20N2O3S2/c1-2-16-28-21-11-7-6-10-20(21)23-22(25)17-12-14-19(15-13-17)29(26,27)24-18-8-4-3-5-9-18/h2-15,24H,1,16H2,(H,23,25). The fourth-order valence-electron chi connectivity index (χ4n) is 2.54. The van der Waals surface area contributed by atoms with E-state index in [9.17, 15) is 13.2 Å². The Hall–Kier alpha value is -3.03. The maximum absolute atomic E-state index is 12.6. The second-order valence-electron chi connectivity index (χ2n) is 6.05. The zero-order valence-electron chi connectivity index (χ0n) is 15.5. The van der Waals surface area contributed by atoms with Gasteiger partial charge in [0.25, 0.3) is 15.9 Å². The molecule has 0 saturated heterocycles. The van der Waals surface area contributed by atoms with Crippen LogP contribution in [-0.2, 0) is 10.0 Å². The third-order valence-electron chi connectivity index (χ3n) is 3.94. The molecule has 3 aromatic rings. The number of benzene rings is 3. The molecule has 0 aliphatic rings. The van der Waals surface area contributed by atoms with Gasteiger partial charge in [0, 0.05) is 21.9 Å². The zero-order chi connectivity index (χ0) is 20.7. The van der Waals surface area contributed by atoms with Crippen LogP contribution in [0.3, 0.4) is 0 Å². The predicted molar refractivity (Wildman–Crippen MR) is 119 cm³/mol. The summed E-state index contributed by atoms with van der Waals surface area (Å²) >= 11 is 1.57. The Morgan fingerprint density at radius 1 is 0.931 bits per heavy atom. The van der Waals surface area contributed by atoms with E-state index in [-0.39, 0.29) is 10.8 Å². The quantitative estimate of drug-likeness (QED) is 0.393. The Morgan fingerprint density at radius 2 is 1.59 bits per heavy atom. The second kappa shape index (κ2) is 9.45. The third-order valence-corrected chi connectivity index (χ3v) is 6.41. The number of hydrogen-bond donors (Lipinski definition) is 2. The van der Waals surface area contributed by atoms with Crippen molar-refractivity contribution < 1.29 is 13.2 Å². The number of hydrogen-bond acceptors (Lipinski definition) is 4. The highest BCUT2D eigenvalue weighted by Gasteiger charge is 2.15. The first-order valence-electron chi connectivity index (χ1n) is 8.81. The molecule has 3 aromatic carbocycles. The number of carbonyl (C=O) groups excluding carboxylic acids is 1. The van der Waals surface area contributed by atoms with Crippen molar-refractivity contribution in [3.63, 3.8) is 0 Å². The molecule has 5 nitrogen and oxygen atoms in total. The average Bonchev–Trinajstić information content (AvgIpc) is 2.73. The lowest BCUT2D eigenvalue weighted by Gasteiger charge is -2.11. The first kappa shape index (κ1) is 20.7. The molecule has 0 aromatic heterocycles.